The van der Waals surface area contributed by atoms with E-state index in [4.69, 9.17) is 27.9 Å². The zero-order valence-corrected chi connectivity index (χ0v) is 22.5. The molecule has 1 saturated heterocycles. The van der Waals surface area contributed by atoms with E-state index in [1.54, 1.807) is 16.7 Å². The number of β-lactam (4-membered cyclic amide) rings is 1. The van der Waals surface area contributed by atoms with Crippen molar-refractivity contribution in [2.75, 3.05) is 11.5 Å². The lowest BCUT2D eigenvalue weighted by Crippen LogP contribution is -2.69. The topological polar surface area (TPSA) is 140 Å². The first kappa shape index (κ1) is 26.2. The molecule has 13 heteroatoms. The van der Waals surface area contributed by atoms with Gasteiger partial charge in [-0.15, -0.1) is 11.8 Å². The van der Waals surface area contributed by atoms with Gasteiger partial charge in [-0.1, -0.05) is 58.4 Å². The third-order valence-electron chi connectivity index (χ3n) is 5.98. The smallest absolute Gasteiger partial charge is 0.276 e. The van der Waals surface area contributed by atoms with Gasteiger partial charge in [0.1, 0.15) is 28.1 Å². The maximum absolute atomic E-state index is 13.3. The summed E-state index contributed by atoms with van der Waals surface area (Å²) in [4.78, 5) is 37.5. The number of thioether (sulfide) groups is 1. The fourth-order valence-electron chi connectivity index (χ4n) is 4.03. The van der Waals surface area contributed by atoms with Gasteiger partial charge >= 0.3 is 0 Å². The Hall–Kier alpha value is -3.45. The van der Waals surface area contributed by atoms with Crippen molar-refractivity contribution in [1.29, 1.82) is 0 Å². The molecule has 4 heterocycles. The Morgan fingerprint density at radius 1 is 1.24 bits per heavy atom. The van der Waals surface area contributed by atoms with Crippen molar-refractivity contribution in [2.45, 2.75) is 31.1 Å². The van der Waals surface area contributed by atoms with Crippen molar-refractivity contribution in [3.8, 4) is 0 Å². The van der Waals surface area contributed by atoms with Crippen LogP contribution in [0.1, 0.15) is 16.8 Å². The summed E-state index contributed by atoms with van der Waals surface area (Å²) < 4.78 is 2.25. The van der Waals surface area contributed by atoms with Gasteiger partial charge in [0, 0.05) is 36.2 Å². The Labute approximate surface area is 232 Å². The minimum atomic E-state index is -0.710. The van der Waals surface area contributed by atoms with E-state index in [0.717, 1.165) is 33.8 Å². The molecule has 2 aliphatic heterocycles. The summed E-state index contributed by atoms with van der Waals surface area (Å²) in [6.07, 6.45) is 5.83. The van der Waals surface area contributed by atoms with Crippen LogP contribution < -0.4 is 21.4 Å². The van der Waals surface area contributed by atoms with E-state index >= 15 is 0 Å². The van der Waals surface area contributed by atoms with Crippen molar-refractivity contribution in [3.05, 3.63) is 87.8 Å². The fraction of sp³-hybridized carbons (Fsp3) is 0.240. The maximum atomic E-state index is 13.3. The number of thiazole rings is 1. The third-order valence-corrected chi connectivity index (χ3v) is 8.44. The summed E-state index contributed by atoms with van der Waals surface area (Å²) >= 11 is 8.90. The first-order valence-corrected chi connectivity index (χ1v) is 14.0. The highest BCUT2D eigenvalue weighted by Gasteiger charge is 2.50. The highest BCUT2D eigenvalue weighted by atomic mass is 35.5. The van der Waals surface area contributed by atoms with Crippen LogP contribution in [0, 0.1) is 0 Å². The molecule has 2 atom stereocenters. The Morgan fingerprint density at radius 3 is 2.66 bits per heavy atom. The van der Waals surface area contributed by atoms with Gasteiger partial charge in [-0.3, -0.25) is 9.59 Å². The lowest BCUT2D eigenvalue weighted by molar-refractivity contribution is -0.689. The van der Waals surface area contributed by atoms with E-state index in [1.165, 1.54) is 0 Å². The minimum absolute atomic E-state index is 0.104. The second-order valence-corrected chi connectivity index (χ2v) is 11.4. The lowest BCUT2D eigenvalue weighted by atomic mass is 10.1. The predicted molar refractivity (Wildman–Crippen MR) is 147 cm³/mol. The van der Waals surface area contributed by atoms with E-state index in [-0.39, 0.29) is 38.8 Å². The van der Waals surface area contributed by atoms with Gasteiger partial charge in [0.25, 0.3) is 11.8 Å². The second-order valence-electron chi connectivity index (χ2n) is 8.64. The van der Waals surface area contributed by atoms with Gasteiger partial charge in [-0.2, -0.15) is 0 Å². The van der Waals surface area contributed by atoms with Gasteiger partial charge < -0.3 is 26.5 Å². The van der Waals surface area contributed by atoms with Crippen LogP contribution in [0.4, 0.5) is 5.13 Å². The molecule has 0 aliphatic carbocycles. The molecule has 5 N–H and O–H groups in total. The number of aromatic nitrogens is 2. The third kappa shape index (κ3) is 5.68. The Bertz CT molecular complexity index is 1400. The van der Waals surface area contributed by atoms with Crippen LogP contribution in [0.5, 0.6) is 0 Å². The Morgan fingerprint density at radius 2 is 1.97 bits per heavy atom. The second kappa shape index (κ2) is 11.5. The first-order chi connectivity index (χ1) is 18.4. The number of nitrogen functional groups attached to an aromatic ring is 1. The number of nitrogens with one attached hydrogen (secondary N) is 1. The number of nitrogens with two attached hydrogens (primary N) is 2. The standard InChI is InChI=1S/C25H24ClN7O3S2/c26-21-18(30-25(28)38-21)19(31-36-13-16-6-4-15(10-27)5-7-16)22(34)29-20-23(35)33-12-17(14-37-24(20)33)11-32-8-2-1-3-9-32/h1-9,12,20,24H,10-11,13-14,27H2,(H2-,28,29,30,34)/p+1/t20-,24+/m1/s1. The van der Waals surface area contributed by atoms with Gasteiger partial charge in [0.15, 0.2) is 29.8 Å². The van der Waals surface area contributed by atoms with E-state index in [1.807, 2.05) is 61.1 Å². The average Bonchev–Trinajstić information content (AvgIpc) is 3.27. The van der Waals surface area contributed by atoms with Gasteiger partial charge in [0.2, 0.25) is 0 Å². The molecule has 2 amide bonds. The SMILES string of the molecule is NCc1ccc(CON=C(C(=O)N[C@@H]2C(=O)N3C=C(C[n+]4ccccc4)CS[C@@H]23)c2nc(N)sc2Cl)cc1. The first-order valence-electron chi connectivity index (χ1n) is 11.7. The molecular weight excluding hydrogens is 546 g/mol. The zero-order valence-electron chi connectivity index (χ0n) is 20.1. The summed E-state index contributed by atoms with van der Waals surface area (Å²) in [6, 6.07) is 12.7. The summed E-state index contributed by atoms with van der Waals surface area (Å²) in [6.45, 7) is 1.24. The molecule has 38 heavy (non-hydrogen) atoms. The normalized spacial score (nSPS) is 18.9. The number of halogens is 1. The summed E-state index contributed by atoms with van der Waals surface area (Å²) in [5.41, 5.74) is 14.3. The molecular formula is C25H25ClN7O3S2+. The number of benzene rings is 1. The monoisotopic (exact) mass is 570 g/mol. The van der Waals surface area contributed by atoms with E-state index in [2.05, 4.69) is 20.0 Å². The molecule has 10 nitrogen and oxygen atoms in total. The summed E-state index contributed by atoms with van der Waals surface area (Å²) in [7, 11) is 0. The van der Waals surface area contributed by atoms with Crippen LogP contribution in [-0.2, 0) is 34.1 Å². The molecule has 0 saturated carbocycles. The highest BCUT2D eigenvalue weighted by Crippen LogP contribution is 2.36. The largest absolute Gasteiger partial charge is 0.390 e. The number of nitrogens with zero attached hydrogens (tertiary/aromatic N) is 4. The van der Waals surface area contributed by atoms with Crippen LogP contribution in [-0.4, -0.2) is 44.6 Å². The number of rotatable bonds is 9. The van der Waals surface area contributed by atoms with Crippen molar-refractivity contribution >= 4 is 57.4 Å². The Kier molecular flexibility index (Phi) is 7.93. The molecule has 3 aromatic rings. The van der Waals surface area contributed by atoms with Gasteiger partial charge in [0.05, 0.1) is 0 Å². The molecule has 1 fully saturated rings. The number of hydrogen-bond acceptors (Lipinski definition) is 9. The number of anilines is 1. The molecule has 0 bridgehead atoms. The quantitative estimate of drug-likeness (QED) is 0.155. The fourth-order valence-corrected chi connectivity index (χ4v) is 6.21. The summed E-state index contributed by atoms with van der Waals surface area (Å²) in [5.74, 6) is -0.0800. The molecule has 0 radical (unpaired) electrons. The Balaban J connectivity index is 1.27. The zero-order chi connectivity index (χ0) is 26.6. The van der Waals surface area contributed by atoms with Gasteiger partial charge in [-0.25, -0.2) is 9.55 Å². The molecule has 1 aromatic carbocycles. The molecule has 0 spiro atoms. The molecule has 2 aromatic heterocycles. The maximum Gasteiger partial charge on any atom is 0.276 e. The van der Waals surface area contributed by atoms with E-state index in [0.29, 0.717) is 13.1 Å². The van der Waals surface area contributed by atoms with E-state index < -0.39 is 11.9 Å². The molecule has 196 valence electrons. The van der Waals surface area contributed by atoms with E-state index in [9.17, 15) is 9.59 Å². The number of pyridine rings is 1. The summed E-state index contributed by atoms with van der Waals surface area (Å²) in [5, 5.41) is 6.80. The minimum Gasteiger partial charge on any atom is -0.390 e. The number of fused-ring (bicyclic) bond motifs is 1. The predicted octanol–water partition coefficient (Wildman–Crippen LogP) is 2.03. The van der Waals surface area contributed by atoms with Crippen molar-refractivity contribution in [2.24, 2.45) is 10.9 Å². The number of amides is 2. The number of carbonyl (C=O) groups excluding carboxylic acids is 2. The van der Waals surface area contributed by atoms with Crippen LogP contribution in [0.3, 0.4) is 0 Å². The number of hydrogen-bond donors (Lipinski definition) is 3. The van der Waals surface area contributed by atoms with Crippen LogP contribution in [0.15, 0.2) is 71.8 Å². The molecule has 2 aliphatic rings. The van der Waals surface area contributed by atoms with Gasteiger partial charge in [-0.05, 0) is 11.1 Å². The average molecular weight is 571 g/mol. The van der Waals surface area contributed by atoms with Crippen molar-refractivity contribution in [3.63, 3.8) is 0 Å². The van der Waals surface area contributed by atoms with Crippen LogP contribution in [0.2, 0.25) is 4.34 Å². The molecule has 5 rings (SSSR count). The lowest BCUT2D eigenvalue weighted by Gasteiger charge is -2.47. The molecule has 0 unspecified atom stereocenters. The number of oxime groups is 1. The van der Waals surface area contributed by atoms with Crippen LogP contribution >= 0.6 is 34.7 Å². The highest BCUT2D eigenvalue weighted by molar-refractivity contribution is 8.00. The van der Waals surface area contributed by atoms with Crippen molar-refractivity contribution in [1.82, 2.24) is 15.2 Å². The van der Waals surface area contributed by atoms with Crippen LogP contribution in [0.25, 0.3) is 0 Å². The van der Waals surface area contributed by atoms with Crippen molar-refractivity contribution < 1.29 is 19.0 Å². The number of carbonyl (C=O) groups is 2.